The van der Waals surface area contributed by atoms with Crippen molar-refractivity contribution in [3.63, 3.8) is 0 Å². The molecule has 1 amide bonds. The second-order valence-corrected chi connectivity index (χ2v) is 5.80. The number of amides is 1. The van der Waals surface area contributed by atoms with Crippen molar-refractivity contribution in [2.45, 2.75) is 45.6 Å². The first kappa shape index (κ1) is 15.0. The zero-order chi connectivity index (χ0) is 14.8. The van der Waals surface area contributed by atoms with Crippen molar-refractivity contribution in [3.8, 4) is 0 Å². The summed E-state index contributed by atoms with van der Waals surface area (Å²) in [4.78, 5) is 16.7. The van der Waals surface area contributed by atoms with E-state index in [-0.39, 0.29) is 11.9 Å². The third-order valence-electron chi connectivity index (χ3n) is 4.51. The average molecular weight is 293 g/mol. The maximum absolute atomic E-state index is 11.9. The lowest BCUT2D eigenvalue weighted by Crippen LogP contribution is -2.44. The molecule has 0 aliphatic carbocycles. The lowest BCUT2D eigenvalue weighted by Gasteiger charge is -2.32. The predicted octanol–water partition coefficient (Wildman–Crippen LogP) is 3.58. The minimum absolute atomic E-state index is 0.0102. The van der Waals surface area contributed by atoms with E-state index in [9.17, 15) is 4.79 Å². The van der Waals surface area contributed by atoms with E-state index < -0.39 is 5.41 Å². The summed E-state index contributed by atoms with van der Waals surface area (Å²) >= 11 is 6.03. The van der Waals surface area contributed by atoms with Crippen LogP contribution in [0, 0.1) is 5.41 Å². The van der Waals surface area contributed by atoms with Crippen LogP contribution in [0.1, 0.15) is 45.1 Å². The zero-order valence-electron chi connectivity index (χ0n) is 12.0. The van der Waals surface area contributed by atoms with Crippen molar-refractivity contribution >= 4 is 23.2 Å². The molecule has 4 heteroatoms. The van der Waals surface area contributed by atoms with Crippen LogP contribution in [0.5, 0.6) is 0 Å². The summed E-state index contributed by atoms with van der Waals surface area (Å²) < 4.78 is 0. The molecule has 0 saturated heterocycles. The van der Waals surface area contributed by atoms with Gasteiger partial charge in [-0.25, -0.2) is 0 Å². The molecule has 1 atom stereocenters. The van der Waals surface area contributed by atoms with Gasteiger partial charge in [0.05, 0.1) is 11.5 Å². The third kappa shape index (κ3) is 2.59. The Hall–Kier alpha value is -1.35. The fourth-order valence-corrected chi connectivity index (χ4v) is 3.30. The van der Waals surface area contributed by atoms with Gasteiger partial charge in [0.1, 0.15) is 0 Å². The number of halogens is 1. The van der Waals surface area contributed by atoms with Gasteiger partial charge < -0.3 is 5.73 Å². The fraction of sp³-hybridized carbons (Fsp3) is 0.500. The van der Waals surface area contributed by atoms with Gasteiger partial charge in [0, 0.05) is 10.7 Å². The molecular weight excluding hydrogens is 272 g/mol. The van der Waals surface area contributed by atoms with Crippen LogP contribution in [0.25, 0.3) is 0 Å². The van der Waals surface area contributed by atoms with Crippen LogP contribution in [-0.2, 0) is 4.79 Å². The summed E-state index contributed by atoms with van der Waals surface area (Å²) in [7, 11) is 0. The van der Waals surface area contributed by atoms with Gasteiger partial charge in [-0.2, -0.15) is 0 Å². The molecule has 1 aliphatic heterocycles. The van der Waals surface area contributed by atoms with Crippen LogP contribution in [0.15, 0.2) is 29.3 Å². The number of carbonyl (C=O) groups is 1. The van der Waals surface area contributed by atoms with E-state index >= 15 is 0 Å². The molecule has 0 aromatic heterocycles. The number of nitrogens with two attached hydrogens (primary N) is 1. The van der Waals surface area contributed by atoms with E-state index in [4.69, 9.17) is 22.3 Å². The molecule has 0 fully saturated rings. The Kier molecular flexibility index (Phi) is 4.48. The molecule has 3 nitrogen and oxygen atoms in total. The highest BCUT2D eigenvalue weighted by atomic mass is 35.5. The van der Waals surface area contributed by atoms with Crippen LogP contribution in [-0.4, -0.2) is 17.7 Å². The van der Waals surface area contributed by atoms with Gasteiger partial charge in [-0.1, -0.05) is 37.6 Å². The van der Waals surface area contributed by atoms with Gasteiger partial charge in [0.2, 0.25) is 5.91 Å². The Morgan fingerprint density at radius 1 is 1.45 bits per heavy atom. The molecule has 0 spiro atoms. The minimum Gasteiger partial charge on any atom is -0.369 e. The molecule has 108 valence electrons. The van der Waals surface area contributed by atoms with Crippen molar-refractivity contribution < 1.29 is 4.79 Å². The van der Waals surface area contributed by atoms with Crippen LogP contribution in [0.4, 0.5) is 0 Å². The van der Waals surface area contributed by atoms with Crippen LogP contribution in [0.2, 0.25) is 5.02 Å². The van der Waals surface area contributed by atoms with Gasteiger partial charge in [-0.15, -0.1) is 0 Å². The van der Waals surface area contributed by atoms with Gasteiger partial charge in [-0.3, -0.25) is 9.79 Å². The molecule has 20 heavy (non-hydrogen) atoms. The molecule has 1 aromatic rings. The Labute approximate surface area is 125 Å². The molecule has 0 bridgehead atoms. The fourth-order valence-electron chi connectivity index (χ4n) is 3.11. The number of hydrogen-bond donors (Lipinski definition) is 1. The quantitative estimate of drug-likeness (QED) is 0.886. The van der Waals surface area contributed by atoms with Crippen LogP contribution < -0.4 is 5.73 Å². The van der Waals surface area contributed by atoms with Crippen molar-refractivity contribution in [2.24, 2.45) is 16.1 Å². The largest absolute Gasteiger partial charge is 0.369 e. The maximum atomic E-state index is 11.9. The molecule has 0 saturated carbocycles. The highest BCUT2D eigenvalue weighted by Gasteiger charge is 2.43. The van der Waals surface area contributed by atoms with E-state index in [0.29, 0.717) is 5.02 Å². The Balaban J connectivity index is 2.32. The molecule has 1 aliphatic rings. The minimum atomic E-state index is -0.514. The summed E-state index contributed by atoms with van der Waals surface area (Å²) in [6, 6.07) is 7.70. The number of benzene rings is 1. The summed E-state index contributed by atoms with van der Waals surface area (Å²) in [5.74, 6) is -0.233. The van der Waals surface area contributed by atoms with Gasteiger partial charge in [0.25, 0.3) is 0 Å². The first-order chi connectivity index (χ1) is 9.53. The number of carbonyl (C=O) groups excluding carboxylic acids is 1. The number of rotatable bonds is 5. The number of aliphatic imine (C=N–C) groups is 1. The van der Waals surface area contributed by atoms with Crippen molar-refractivity contribution in [1.82, 2.24) is 0 Å². The molecule has 2 N–H and O–H groups in total. The molecule has 0 unspecified atom stereocenters. The van der Waals surface area contributed by atoms with E-state index in [1.165, 1.54) is 0 Å². The summed E-state index contributed by atoms with van der Waals surface area (Å²) in [6.45, 7) is 4.03. The Morgan fingerprint density at radius 3 is 2.70 bits per heavy atom. The van der Waals surface area contributed by atoms with Crippen molar-refractivity contribution in [3.05, 3.63) is 34.9 Å². The Bertz CT molecular complexity index is 535. The monoisotopic (exact) mass is 292 g/mol. The summed E-state index contributed by atoms with van der Waals surface area (Å²) in [5.41, 5.74) is 7.22. The molecule has 1 heterocycles. The SMILES string of the molecule is CCC(CC)(C(N)=O)[C@H]1CCC(c2cccc(Cl)c2)=N1. The molecule has 1 aromatic carbocycles. The van der Waals surface area contributed by atoms with E-state index in [1.54, 1.807) is 0 Å². The summed E-state index contributed by atoms with van der Waals surface area (Å²) in [6.07, 6.45) is 3.22. The average Bonchev–Trinajstić information content (AvgIpc) is 2.91. The topological polar surface area (TPSA) is 55.5 Å². The molecule has 2 rings (SSSR count). The van der Waals surface area contributed by atoms with Gasteiger partial charge >= 0.3 is 0 Å². The van der Waals surface area contributed by atoms with E-state index in [0.717, 1.165) is 37.0 Å². The van der Waals surface area contributed by atoms with Gasteiger partial charge in [-0.05, 0) is 43.4 Å². The third-order valence-corrected chi connectivity index (χ3v) is 4.75. The number of hydrogen-bond acceptors (Lipinski definition) is 2. The van der Waals surface area contributed by atoms with E-state index in [2.05, 4.69) is 0 Å². The second-order valence-electron chi connectivity index (χ2n) is 5.37. The lowest BCUT2D eigenvalue weighted by molar-refractivity contribution is -0.129. The van der Waals surface area contributed by atoms with Crippen molar-refractivity contribution in [2.75, 3.05) is 0 Å². The smallest absolute Gasteiger partial charge is 0.225 e. The summed E-state index contributed by atoms with van der Waals surface area (Å²) in [5, 5.41) is 0.709. The van der Waals surface area contributed by atoms with Crippen LogP contribution >= 0.6 is 11.6 Å². The molecule has 0 radical (unpaired) electrons. The Morgan fingerprint density at radius 2 is 2.15 bits per heavy atom. The van der Waals surface area contributed by atoms with E-state index in [1.807, 2.05) is 38.1 Å². The normalized spacial score (nSPS) is 18.9. The maximum Gasteiger partial charge on any atom is 0.225 e. The number of primary amides is 1. The standard InChI is InChI=1S/C16H21ClN2O/c1-3-16(4-2,15(18)20)14-9-8-13(19-14)11-6-5-7-12(17)10-11/h5-7,10,14H,3-4,8-9H2,1-2H3,(H2,18,20)/t14-/m1/s1. The highest BCUT2D eigenvalue weighted by molar-refractivity contribution is 6.31. The highest BCUT2D eigenvalue weighted by Crippen LogP contribution is 2.38. The van der Waals surface area contributed by atoms with Gasteiger partial charge in [0.15, 0.2) is 0 Å². The first-order valence-electron chi connectivity index (χ1n) is 7.16. The predicted molar refractivity (Wildman–Crippen MR) is 83.2 cm³/mol. The first-order valence-corrected chi connectivity index (χ1v) is 7.53. The zero-order valence-corrected chi connectivity index (χ0v) is 12.8. The van der Waals surface area contributed by atoms with Crippen LogP contribution in [0.3, 0.4) is 0 Å². The second kappa shape index (κ2) is 5.96. The van der Waals surface area contributed by atoms with Crippen molar-refractivity contribution in [1.29, 1.82) is 0 Å². The molecular formula is C16H21ClN2O. The number of nitrogens with zero attached hydrogens (tertiary/aromatic N) is 1. The lowest BCUT2D eigenvalue weighted by atomic mass is 9.74.